The summed E-state index contributed by atoms with van der Waals surface area (Å²) in [4.78, 5) is 47.8. The van der Waals surface area contributed by atoms with Gasteiger partial charge in [0.05, 0.1) is 31.4 Å². The second-order valence-electron chi connectivity index (χ2n) is 8.21. The van der Waals surface area contributed by atoms with Crippen molar-refractivity contribution in [3.8, 4) is 11.5 Å². The molecule has 10 nitrogen and oxygen atoms in total. The quantitative estimate of drug-likeness (QED) is 0.649. The van der Waals surface area contributed by atoms with Gasteiger partial charge in [-0.15, -0.1) is 0 Å². The first-order chi connectivity index (χ1) is 15.4. The lowest BCUT2D eigenvalue weighted by Gasteiger charge is -2.32. The number of anilines is 3. The first-order valence-corrected chi connectivity index (χ1v) is 10.6. The molecule has 0 unspecified atom stereocenters. The highest BCUT2D eigenvalue weighted by Gasteiger charge is 2.35. The second-order valence-corrected chi connectivity index (χ2v) is 8.21. The van der Waals surface area contributed by atoms with Crippen molar-refractivity contribution in [1.29, 1.82) is 0 Å². The van der Waals surface area contributed by atoms with Crippen LogP contribution < -0.4 is 30.6 Å². The van der Waals surface area contributed by atoms with Crippen LogP contribution in [0.1, 0.15) is 37.7 Å². The van der Waals surface area contributed by atoms with E-state index in [1.165, 1.54) is 14.2 Å². The Morgan fingerprint density at radius 1 is 1.25 bits per heavy atom. The minimum atomic E-state index is -0.976. The van der Waals surface area contributed by atoms with Crippen molar-refractivity contribution in [1.82, 2.24) is 9.97 Å². The Morgan fingerprint density at radius 2 is 2.06 bits per heavy atom. The first kappa shape index (κ1) is 21.7. The van der Waals surface area contributed by atoms with Crippen molar-refractivity contribution < 1.29 is 19.1 Å². The van der Waals surface area contributed by atoms with Crippen LogP contribution in [0.3, 0.4) is 0 Å². The highest BCUT2D eigenvalue weighted by atomic mass is 16.5. The van der Waals surface area contributed by atoms with Gasteiger partial charge in [0.15, 0.2) is 0 Å². The molecule has 32 heavy (non-hydrogen) atoms. The number of hydrogen-bond donors (Lipinski definition) is 3. The zero-order chi connectivity index (χ0) is 22.8. The van der Waals surface area contributed by atoms with E-state index in [1.807, 2.05) is 4.90 Å². The molecular formula is C22H27N5O5. The van der Waals surface area contributed by atoms with Gasteiger partial charge in [-0.05, 0) is 30.9 Å². The van der Waals surface area contributed by atoms with E-state index in [9.17, 15) is 14.4 Å². The molecule has 2 amide bonds. The summed E-state index contributed by atoms with van der Waals surface area (Å²) in [5.41, 5.74) is 0.141. The van der Waals surface area contributed by atoms with Gasteiger partial charge in [-0.1, -0.05) is 6.92 Å². The maximum Gasteiger partial charge on any atom is 0.258 e. The molecule has 1 saturated heterocycles. The van der Waals surface area contributed by atoms with Crippen LogP contribution in [0.2, 0.25) is 0 Å². The fourth-order valence-electron chi connectivity index (χ4n) is 4.24. The molecule has 4 rings (SSSR count). The number of nitrogens with zero attached hydrogens (tertiary/aromatic N) is 2. The number of benzene rings is 1. The van der Waals surface area contributed by atoms with Gasteiger partial charge in [0.2, 0.25) is 17.8 Å². The van der Waals surface area contributed by atoms with Crippen molar-refractivity contribution in [3.05, 3.63) is 34.1 Å². The lowest BCUT2D eigenvalue weighted by molar-refractivity contribution is -0.123. The lowest BCUT2D eigenvalue weighted by Crippen LogP contribution is -2.40. The van der Waals surface area contributed by atoms with E-state index in [-0.39, 0.29) is 23.7 Å². The Morgan fingerprint density at radius 3 is 2.78 bits per heavy atom. The van der Waals surface area contributed by atoms with Crippen LogP contribution in [0.4, 0.5) is 17.5 Å². The molecule has 1 aromatic heterocycles. The van der Waals surface area contributed by atoms with E-state index < -0.39 is 17.4 Å². The van der Waals surface area contributed by atoms with Gasteiger partial charge in [0.25, 0.3) is 5.56 Å². The van der Waals surface area contributed by atoms with Gasteiger partial charge in [0.1, 0.15) is 17.3 Å². The van der Waals surface area contributed by atoms with Crippen LogP contribution >= 0.6 is 0 Å². The third kappa shape index (κ3) is 4.25. The summed E-state index contributed by atoms with van der Waals surface area (Å²) < 4.78 is 10.5. The number of piperidine rings is 1. The molecule has 2 aromatic rings. The zero-order valence-electron chi connectivity index (χ0n) is 18.4. The second kappa shape index (κ2) is 8.89. The summed E-state index contributed by atoms with van der Waals surface area (Å²) >= 11 is 0. The first-order valence-electron chi connectivity index (χ1n) is 10.6. The molecule has 170 valence electrons. The van der Waals surface area contributed by atoms with Crippen molar-refractivity contribution in [2.45, 2.75) is 32.1 Å². The topological polar surface area (TPSA) is 126 Å². The van der Waals surface area contributed by atoms with Crippen LogP contribution in [0, 0.1) is 5.92 Å². The lowest BCUT2D eigenvalue weighted by atomic mass is 9.92. The Hall–Kier alpha value is -3.56. The van der Waals surface area contributed by atoms with E-state index in [4.69, 9.17) is 9.47 Å². The van der Waals surface area contributed by atoms with Crippen LogP contribution in [0.15, 0.2) is 23.0 Å². The van der Waals surface area contributed by atoms with Crippen molar-refractivity contribution in [2.75, 3.05) is 42.8 Å². The molecule has 0 spiro atoms. The average molecular weight is 441 g/mol. The predicted molar refractivity (Wildman–Crippen MR) is 120 cm³/mol. The number of rotatable bonds is 5. The largest absolute Gasteiger partial charge is 0.497 e. The highest BCUT2D eigenvalue weighted by Crippen LogP contribution is 2.33. The molecule has 1 fully saturated rings. The van der Waals surface area contributed by atoms with Gasteiger partial charge in [-0.25, -0.2) is 0 Å². The van der Waals surface area contributed by atoms with Crippen molar-refractivity contribution in [2.24, 2.45) is 5.92 Å². The maximum atomic E-state index is 13.1. The Bertz CT molecular complexity index is 1100. The summed E-state index contributed by atoms with van der Waals surface area (Å²) in [6.45, 7) is 3.70. The Balaban J connectivity index is 1.64. The van der Waals surface area contributed by atoms with Crippen LogP contribution in [0.25, 0.3) is 0 Å². The van der Waals surface area contributed by atoms with E-state index in [0.29, 0.717) is 29.1 Å². The molecule has 0 bridgehead atoms. The summed E-state index contributed by atoms with van der Waals surface area (Å²) in [7, 11) is 3.01. The fraction of sp³-hybridized carbons (Fsp3) is 0.455. The predicted octanol–water partition coefficient (Wildman–Crippen LogP) is 2.09. The monoisotopic (exact) mass is 441 g/mol. The van der Waals surface area contributed by atoms with Crippen molar-refractivity contribution in [3.63, 3.8) is 0 Å². The maximum absolute atomic E-state index is 13.1. The summed E-state index contributed by atoms with van der Waals surface area (Å²) in [6, 6.07) is 4.96. The van der Waals surface area contributed by atoms with Crippen LogP contribution in [-0.2, 0) is 9.59 Å². The normalized spacial score (nSPS) is 20.2. The number of hydrogen-bond acceptors (Lipinski definition) is 7. The standard InChI is InChI=1S/C22H27N5O5/c1-12-5-4-8-27(11-12)22-25-19-18(21(30)26-22)14(10-17(28)24-19)20(29)23-15-7-6-13(31-2)9-16(15)32-3/h6-7,9,12,14H,4-5,8,10-11H2,1-3H3,(H,23,29)(H2,24,25,26,28,30)/t12-,14-/m1/s1. The number of aromatic amines is 1. The number of nitrogens with one attached hydrogen (secondary N) is 3. The van der Waals surface area contributed by atoms with E-state index in [1.54, 1.807) is 18.2 Å². The third-order valence-electron chi connectivity index (χ3n) is 5.88. The minimum absolute atomic E-state index is 0.139. The van der Waals surface area contributed by atoms with Gasteiger partial charge in [-0.2, -0.15) is 4.98 Å². The van der Waals surface area contributed by atoms with Crippen LogP contribution in [-0.4, -0.2) is 49.1 Å². The molecule has 3 N–H and O–H groups in total. The number of carbonyl (C=O) groups is 2. The summed E-state index contributed by atoms with van der Waals surface area (Å²) in [5, 5.41) is 5.42. The van der Waals surface area contributed by atoms with Gasteiger partial charge >= 0.3 is 0 Å². The van der Waals surface area contributed by atoms with Gasteiger partial charge in [-0.3, -0.25) is 19.4 Å². The Kier molecular flexibility index (Phi) is 6.02. The molecule has 0 aliphatic carbocycles. The number of ether oxygens (including phenoxy) is 2. The average Bonchev–Trinajstić information content (AvgIpc) is 2.78. The van der Waals surface area contributed by atoms with E-state index >= 15 is 0 Å². The molecule has 10 heteroatoms. The highest BCUT2D eigenvalue weighted by molar-refractivity contribution is 6.05. The van der Waals surface area contributed by atoms with E-state index in [0.717, 1.165) is 25.9 Å². The van der Waals surface area contributed by atoms with E-state index in [2.05, 4.69) is 27.5 Å². The summed E-state index contributed by atoms with van der Waals surface area (Å²) in [5.74, 6) is 0.182. The SMILES string of the molecule is COc1ccc(NC(=O)[C@@H]2CC(=O)Nc3nc(N4CCC[C@@H](C)C4)[nH]c(=O)c32)c(OC)c1. The number of aromatic nitrogens is 2. The molecule has 2 atom stereocenters. The Labute approximate surface area is 185 Å². The van der Waals surface area contributed by atoms with Crippen LogP contribution in [0.5, 0.6) is 11.5 Å². The van der Waals surface area contributed by atoms with Crippen molar-refractivity contribution >= 4 is 29.3 Å². The smallest absolute Gasteiger partial charge is 0.258 e. The van der Waals surface area contributed by atoms with Gasteiger partial charge in [0, 0.05) is 25.6 Å². The van der Waals surface area contributed by atoms with Gasteiger partial charge < -0.3 is 25.0 Å². The zero-order valence-corrected chi connectivity index (χ0v) is 18.4. The number of carbonyl (C=O) groups excluding carboxylic acids is 2. The molecular weight excluding hydrogens is 414 g/mol. The molecule has 1 aromatic carbocycles. The third-order valence-corrected chi connectivity index (χ3v) is 5.88. The molecule has 2 aliphatic rings. The number of H-pyrrole nitrogens is 1. The molecule has 3 heterocycles. The number of methoxy groups -OCH3 is 2. The molecule has 2 aliphatic heterocycles. The molecule has 0 saturated carbocycles. The molecule has 0 radical (unpaired) electrons. The number of amides is 2. The summed E-state index contributed by atoms with van der Waals surface area (Å²) in [6.07, 6.45) is 1.98. The fourth-order valence-corrected chi connectivity index (χ4v) is 4.24. The number of fused-ring (bicyclic) bond motifs is 1. The minimum Gasteiger partial charge on any atom is -0.497 e.